The van der Waals surface area contributed by atoms with Crippen molar-refractivity contribution in [2.45, 2.75) is 26.2 Å². The van der Waals surface area contributed by atoms with Gasteiger partial charge in [0.2, 0.25) is 11.8 Å². The summed E-state index contributed by atoms with van der Waals surface area (Å²) in [6.07, 6.45) is 1.07. The van der Waals surface area contributed by atoms with Gasteiger partial charge in [0.05, 0.1) is 0 Å². The van der Waals surface area contributed by atoms with Gasteiger partial charge in [0, 0.05) is 56.0 Å². The van der Waals surface area contributed by atoms with Crippen molar-refractivity contribution in [1.82, 2.24) is 4.90 Å². The number of benzene rings is 2. The Morgan fingerprint density at radius 3 is 2.13 bits per heavy atom. The second kappa shape index (κ2) is 10.0. The van der Waals surface area contributed by atoms with E-state index in [1.807, 2.05) is 4.90 Å². The van der Waals surface area contributed by atoms with Gasteiger partial charge in [-0.15, -0.1) is 0 Å². The Bertz CT molecular complexity index is 889. The number of nitrogens with one attached hydrogen (secondary N) is 1. The second-order valence-electron chi connectivity index (χ2n) is 7.38. The number of nitrogens with zero attached hydrogens (tertiary/aromatic N) is 2. The molecule has 0 unspecified atom stereocenters. The van der Waals surface area contributed by atoms with Crippen LogP contribution in [0, 0.1) is 5.82 Å². The SMILES string of the molecule is CC(=O)c1ccc(NC(=O)CCCC(=O)N2CCN(c3ccc(F)cc3)CC2)cc1. The van der Waals surface area contributed by atoms with Gasteiger partial charge in [-0.1, -0.05) is 0 Å². The van der Waals surface area contributed by atoms with Crippen LogP contribution in [0.15, 0.2) is 48.5 Å². The number of ketones is 1. The van der Waals surface area contributed by atoms with Crippen molar-refractivity contribution in [1.29, 1.82) is 0 Å². The lowest BCUT2D eigenvalue weighted by Crippen LogP contribution is -2.48. The molecule has 0 saturated carbocycles. The number of carbonyl (C=O) groups excluding carboxylic acids is 3. The molecule has 2 aromatic rings. The van der Waals surface area contributed by atoms with Crippen LogP contribution >= 0.6 is 0 Å². The number of halogens is 1. The summed E-state index contributed by atoms with van der Waals surface area (Å²) in [6.45, 7) is 4.13. The molecule has 1 N–H and O–H groups in total. The van der Waals surface area contributed by atoms with Gasteiger partial charge in [-0.05, 0) is 61.9 Å². The number of piperazine rings is 1. The second-order valence-corrected chi connectivity index (χ2v) is 7.38. The van der Waals surface area contributed by atoms with Crippen molar-refractivity contribution in [3.63, 3.8) is 0 Å². The van der Waals surface area contributed by atoms with Gasteiger partial charge in [-0.25, -0.2) is 4.39 Å². The highest BCUT2D eigenvalue weighted by Crippen LogP contribution is 2.17. The van der Waals surface area contributed by atoms with E-state index in [1.54, 1.807) is 36.4 Å². The first-order valence-electron chi connectivity index (χ1n) is 10.1. The molecule has 0 aliphatic carbocycles. The minimum absolute atomic E-state index is 0.0233. The average Bonchev–Trinajstić information content (AvgIpc) is 2.74. The van der Waals surface area contributed by atoms with Crippen LogP contribution < -0.4 is 10.2 Å². The van der Waals surface area contributed by atoms with Gasteiger partial charge in [0.15, 0.2) is 5.78 Å². The quantitative estimate of drug-likeness (QED) is 0.708. The Hall–Kier alpha value is -3.22. The van der Waals surface area contributed by atoms with Crippen molar-refractivity contribution in [2.75, 3.05) is 36.4 Å². The summed E-state index contributed by atoms with van der Waals surface area (Å²) in [5.41, 5.74) is 2.18. The maximum Gasteiger partial charge on any atom is 0.224 e. The minimum atomic E-state index is -0.260. The van der Waals surface area contributed by atoms with Crippen molar-refractivity contribution in [2.24, 2.45) is 0 Å². The van der Waals surface area contributed by atoms with E-state index >= 15 is 0 Å². The van der Waals surface area contributed by atoms with Crippen molar-refractivity contribution >= 4 is 29.0 Å². The molecule has 158 valence electrons. The molecule has 1 heterocycles. The maximum absolute atomic E-state index is 13.1. The van der Waals surface area contributed by atoms with Crippen LogP contribution in [-0.2, 0) is 9.59 Å². The first-order valence-corrected chi connectivity index (χ1v) is 10.1. The van der Waals surface area contributed by atoms with E-state index in [4.69, 9.17) is 0 Å². The molecule has 30 heavy (non-hydrogen) atoms. The number of hydrogen-bond acceptors (Lipinski definition) is 4. The lowest BCUT2D eigenvalue weighted by molar-refractivity contribution is -0.131. The third-order valence-corrected chi connectivity index (χ3v) is 5.19. The number of Topliss-reactive ketones (excluding diaryl/α,β-unsaturated/α-hetero) is 1. The van der Waals surface area contributed by atoms with Crippen LogP contribution in [0.1, 0.15) is 36.5 Å². The van der Waals surface area contributed by atoms with Gasteiger partial charge < -0.3 is 15.1 Å². The lowest BCUT2D eigenvalue weighted by atomic mass is 10.1. The van der Waals surface area contributed by atoms with Gasteiger partial charge in [0.25, 0.3) is 0 Å². The molecule has 0 spiro atoms. The van der Waals surface area contributed by atoms with Crippen LogP contribution in [0.3, 0.4) is 0 Å². The van der Waals surface area contributed by atoms with Gasteiger partial charge in [-0.2, -0.15) is 0 Å². The van der Waals surface area contributed by atoms with Crippen LogP contribution in [0.4, 0.5) is 15.8 Å². The summed E-state index contributed by atoms with van der Waals surface area (Å²) < 4.78 is 13.1. The number of amides is 2. The Kier molecular flexibility index (Phi) is 7.17. The van der Waals surface area contributed by atoms with E-state index in [9.17, 15) is 18.8 Å². The molecule has 0 aromatic heterocycles. The Labute approximate surface area is 175 Å². The molecule has 3 rings (SSSR count). The smallest absolute Gasteiger partial charge is 0.224 e. The first kappa shape index (κ1) is 21.5. The average molecular weight is 411 g/mol. The Morgan fingerprint density at radius 1 is 0.900 bits per heavy atom. The molecule has 0 atom stereocenters. The zero-order valence-corrected chi connectivity index (χ0v) is 17.1. The molecule has 0 bridgehead atoms. The molecular weight excluding hydrogens is 385 g/mol. The standard InChI is InChI=1S/C23H26FN3O3/c1-17(28)18-5-9-20(10-6-18)25-22(29)3-2-4-23(30)27-15-13-26(14-16-27)21-11-7-19(24)8-12-21/h5-12H,2-4,13-16H2,1H3,(H,25,29). The Balaban J connectivity index is 1.37. The lowest BCUT2D eigenvalue weighted by Gasteiger charge is -2.36. The highest BCUT2D eigenvalue weighted by atomic mass is 19.1. The maximum atomic E-state index is 13.1. The number of rotatable bonds is 7. The third-order valence-electron chi connectivity index (χ3n) is 5.19. The predicted molar refractivity (Wildman–Crippen MR) is 114 cm³/mol. The third kappa shape index (κ3) is 5.89. The number of anilines is 2. The van der Waals surface area contributed by atoms with Crippen molar-refractivity contribution < 1.29 is 18.8 Å². The van der Waals surface area contributed by atoms with Crippen LogP contribution in [-0.4, -0.2) is 48.7 Å². The summed E-state index contributed by atoms with van der Waals surface area (Å²) >= 11 is 0. The fourth-order valence-electron chi connectivity index (χ4n) is 3.44. The Morgan fingerprint density at radius 2 is 1.53 bits per heavy atom. The highest BCUT2D eigenvalue weighted by molar-refractivity contribution is 5.95. The first-order chi connectivity index (χ1) is 14.4. The molecule has 1 aliphatic heterocycles. The van der Waals surface area contributed by atoms with E-state index < -0.39 is 0 Å². The zero-order chi connectivity index (χ0) is 21.5. The molecule has 7 heteroatoms. The monoisotopic (exact) mass is 411 g/mol. The van der Waals surface area contributed by atoms with E-state index in [-0.39, 0.29) is 29.8 Å². The fraction of sp³-hybridized carbons (Fsp3) is 0.348. The van der Waals surface area contributed by atoms with E-state index in [0.717, 1.165) is 5.69 Å². The fourth-order valence-corrected chi connectivity index (χ4v) is 3.44. The number of hydrogen-bond donors (Lipinski definition) is 1. The van der Waals surface area contributed by atoms with Gasteiger partial charge in [0.1, 0.15) is 5.82 Å². The molecule has 0 radical (unpaired) electrons. The topological polar surface area (TPSA) is 69.7 Å². The molecule has 1 saturated heterocycles. The van der Waals surface area contributed by atoms with E-state index in [1.165, 1.54) is 19.1 Å². The summed E-state index contributed by atoms with van der Waals surface area (Å²) in [4.78, 5) is 39.7. The van der Waals surface area contributed by atoms with Crippen molar-refractivity contribution in [3.05, 3.63) is 59.9 Å². The zero-order valence-electron chi connectivity index (χ0n) is 17.1. The van der Waals surface area contributed by atoms with Crippen LogP contribution in [0.2, 0.25) is 0 Å². The molecule has 1 fully saturated rings. The van der Waals surface area contributed by atoms with E-state index in [2.05, 4.69) is 10.2 Å². The summed E-state index contributed by atoms with van der Waals surface area (Å²) in [6, 6.07) is 13.1. The molecule has 2 aromatic carbocycles. The van der Waals surface area contributed by atoms with Crippen LogP contribution in [0.5, 0.6) is 0 Å². The minimum Gasteiger partial charge on any atom is -0.368 e. The van der Waals surface area contributed by atoms with Gasteiger partial charge in [-0.3, -0.25) is 14.4 Å². The molecular formula is C23H26FN3O3. The molecule has 6 nitrogen and oxygen atoms in total. The molecule has 1 aliphatic rings. The van der Waals surface area contributed by atoms with E-state index in [0.29, 0.717) is 50.3 Å². The number of carbonyl (C=O) groups is 3. The normalized spacial score (nSPS) is 13.8. The largest absolute Gasteiger partial charge is 0.368 e. The summed E-state index contributed by atoms with van der Waals surface area (Å²) in [5.74, 6) is -0.388. The van der Waals surface area contributed by atoms with Crippen molar-refractivity contribution in [3.8, 4) is 0 Å². The summed E-state index contributed by atoms with van der Waals surface area (Å²) in [7, 11) is 0. The van der Waals surface area contributed by atoms with Gasteiger partial charge >= 0.3 is 0 Å². The predicted octanol–water partition coefficient (Wildman–Crippen LogP) is 3.49. The summed E-state index contributed by atoms with van der Waals surface area (Å²) in [5, 5.41) is 2.78. The highest BCUT2D eigenvalue weighted by Gasteiger charge is 2.21. The van der Waals surface area contributed by atoms with Crippen LogP contribution in [0.25, 0.3) is 0 Å². The molecule has 2 amide bonds.